The van der Waals surface area contributed by atoms with Gasteiger partial charge in [0.1, 0.15) is 0 Å². The third kappa shape index (κ3) is 4.96. The number of benzene rings is 1. The monoisotopic (exact) mass is 261 g/mol. The van der Waals surface area contributed by atoms with Gasteiger partial charge in [-0.25, -0.2) is 0 Å². The molecule has 106 valence electrons. The van der Waals surface area contributed by atoms with E-state index in [1.54, 1.807) is 0 Å². The fraction of sp³-hybridized carbons (Fsp3) is 0.647. The second-order valence-corrected chi connectivity index (χ2v) is 5.83. The van der Waals surface area contributed by atoms with Crippen LogP contribution in [0.2, 0.25) is 0 Å². The molecule has 1 aliphatic rings. The Morgan fingerprint density at radius 1 is 1.32 bits per heavy atom. The van der Waals surface area contributed by atoms with Crippen molar-refractivity contribution in [2.45, 2.75) is 45.1 Å². The molecule has 1 aliphatic heterocycles. The molecule has 1 aromatic rings. The van der Waals surface area contributed by atoms with Crippen molar-refractivity contribution in [1.82, 2.24) is 5.32 Å². The van der Waals surface area contributed by atoms with Crippen LogP contribution in [0.4, 0.5) is 0 Å². The van der Waals surface area contributed by atoms with Gasteiger partial charge in [0.25, 0.3) is 0 Å². The lowest BCUT2D eigenvalue weighted by Gasteiger charge is -2.19. The molecular weight excluding hydrogens is 234 g/mol. The van der Waals surface area contributed by atoms with Crippen molar-refractivity contribution in [1.29, 1.82) is 0 Å². The van der Waals surface area contributed by atoms with Crippen molar-refractivity contribution in [2.75, 3.05) is 20.2 Å². The van der Waals surface area contributed by atoms with E-state index in [1.807, 2.05) is 7.05 Å². The summed E-state index contributed by atoms with van der Waals surface area (Å²) in [6, 6.07) is 8.96. The van der Waals surface area contributed by atoms with Crippen LogP contribution in [-0.2, 0) is 11.2 Å². The van der Waals surface area contributed by atoms with Crippen LogP contribution in [-0.4, -0.2) is 26.3 Å². The molecule has 2 heteroatoms. The van der Waals surface area contributed by atoms with Crippen LogP contribution in [0.15, 0.2) is 24.3 Å². The summed E-state index contributed by atoms with van der Waals surface area (Å²) < 4.78 is 5.73. The van der Waals surface area contributed by atoms with E-state index >= 15 is 0 Å². The Bertz CT molecular complexity index is 354. The minimum absolute atomic E-state index is 0.525. The van der Waals surface area contributed by atoms with Gasteiger partial charge in [0.05, 0.1) is 6.10 Å². The maximum absolute atomic E-state index is 5.73. The zero-order valence-corrected chi connectivity index (χ0v) is 12.3. The highest BCUT2D eigenvalue weighted by Gasteiger charge is 2.18. The Balaban J connectivity index is 1.82. The van der Waals surface area contributed by atoms with E-state index in [4.69, 9.17) is 4.74 Å². The van der Waals surface area contributed by atoms with E-state index in [-0.39, 0.29) is 0 Å². The molecule has 0 spiro atoms. The summed E-state index contributed by atoms with van der Waals surface area (Å²) in [5.41, 5.74) is 2.80. The normalized spacial score (nSPS) is 20.6. The molecule has 0 radical (unpaired) electrons. The van der Waals surface area contributed by atoms with E-state index in [2.05, 4.69) is 36.5 Å². The molecule has 1 saturated heterocycles. The Hall–Kier alpha value is -0.860. The smallest absolute Gasteiger partial charge is 0.0576 e. The second-order valence-electron chi connectivity index (χ2n) is 5.83. The van der Waals surface area contributed by atoms with Gasteiger partial charge in [-0.05, 0) is 64.1 Å². The topological polar surface area (TPSA) is 21.3 Å². The Morgan fingerprint density at radius 2 is 2.11 bits per heavy atom. The molecule has 1 fully saturated rings. The molecule has 0 amide bonds. The van der Waals surface area contributed by atoms with Gasteiger partial charge in [-0.15, -0.1) is 0 Å². The van der Waals surface area contributed by atoms with Crippen molar-refractivity contribution in [3.63, 3.8) is 0 Å². The van der Waals surface area contributed by atoms with Crippen molar-refractivity contribution < 1.29 is 4.74 Å². The van der Waals surface area contributed by atoms with Crippen molar-refractivity contribution in [2.24, 2.45) is 5.92 Å². The molecule has 1 N–H and O–H groups in total. The standard InChI is InChI=1S/C17H27NO/c1-14-5-7-15(8-6-14)12-16(13-18-2)9-10-17-4-3-11-19-17/h5-8,16-18H,3-4,9-13H2,1-2H3. The fourth-order valence-corrected chi connectivity index (χ4v) is 2.92. The number of hydrogen-bond donors (Lipinski definition) is 1. The van der Waals surface area contributed by atoms with Gasteiger partial charge in [-0.1, -0.05) is 29.8 Å². The highest BCUT2D eigenvalue weighted by molar-refractivity contribution is 5.21. The summed E-state index contributed by atoms with van der Waals surface area (Å²) in [5, 5.41) is 3.33. The molecule has 2 rings (SSSR count). The van der Waals surface area contributed by atoms with Gasteiger partial charge in [0.2, 0.25) is 0 Å². The number of nitrogens with one attached hydrogen (secondary N) is 1. The van der Waals surface area contributed by atoms with Crippen molar-refractivity contribution in [3.05, 3.63) is 35.4 Å². The highest BCUT2D eigenvalue weighted by Crippen LogP contribution is 2.21. The molecule has 2 unspecified atom stereocenters. The minimum atomic E-state index is 0.525. The van der Waals surface area contributed by atoms with Crippen LogP contribution in [0.25, 0.3) is 0 Å². The number of aryl methyl sites for hydroxylation is 1. The molecule has 2 nitrogen and oxygen atoms in total. The first-order valence-electron chi connectivity index (χ1n) is 7.59. The van der Waals surface area contributed by atoms with Gasteiger partial charge < -0.3 is 10.1 Å². The molecular formula is C17H27NO. The lowest BCUT2D eigenvalue weighted by Crippen LogP contribution is -2.22. The van der Waals surface area contributed by atoms with E-state index in [9.17, 15) is 0 Å². The molecule has 0 saturated carbocycles. The van der Waals surface area contributed by atoms with Gasteiger partial charge >= 0.3 is 0 Å². The lowest BCUT2D eigenvalue weighted by atomic mass is 9.92. The van der Waals surface area contributed by atoms with Crippen LogP contribution >= 0.6 is 0 Å². The predicted molar refractivity (Wildman–Crippen MR) is 80.5 cm³/mol. The van der Waals surface area contributed by atoms with Crippen LogP contribution in [0, 0.1) is 12.8 Å². The summed E-state index contributed by atoms with van der Waals surface area (Å²) in [7, 11) is 2.05. The lowest BCUT2D eigenvalue weighted by molar-refractivity contribution is 0.0980. The number of ether oxygens (including phenoxy) is 1. The number of hydrogen-bond acceptors (Lipinski definition) is 2. The number of rotatable bonds is 7. The maximum Gasteiger partial charge on any atom is 0.0576 e. The van der Waals surface area contributed by atoms with Gasteiger partial charge in [-0.2, -0.15) is 0 Å². The summed E-state index contributed by atoms with van der Waals surface area (Å²) in [6.45, 7) is 4.21. The average Bonchev–Trinajstić information content (AvgIpc) is 2.92. The van der Waals surface area contributed by atoms with E-state index in [0.717, 1.165) is 19.1 Å². The summed E-state index contributed by atoms with van der Waals surface area (Å²) in [5.74, 6) is 0.719. The first kappa shape index (κ1) is 14.5. The van der Waals surface area contributed by atoms with Crippen LogP contribution in [0.1, 0.15) is 36.8 Å². The van der Waals surface area contributed by atoms with Crippen molar-refractivity contribution in [3.8, 4) is 0 Å². The minimum Gasteiger partial charge on any atom is -0.378 e. The van der Waals surface area contributed by atoms with E-state index in [1.165, 1.54) is 43.2 Å². The van der Waals surface area contributed by atoms with Crippen LogP contribution in [0.3, 0.4) is 0 Å². The zero-order chi connectivity index (χ0) is 13.5. The molecule has 0 aliphatic carbocycles. The fourth-order valence-electron chi connectivity index (χ4n) is 2.92. The van der Waals surface area contributed by atoms with Crippen LogP contribution in [0.5, 0.6) is 0 Å². The predicted octanol–water partition coefficient (Wildman–Crippen LogP) is 3.33. The molecule has 0 aromatic heterocycles. The van der Waals surface area contributed by atoms with E-state index < -0.39 is 0 Å². The molecule has 0 bridgehead atoms. The molecule has 19 heavy (non-hydrogen) atoms. The quantitative estimate of drug-likeness (QED) is 0.813. The Morgan fingerprint density at radius 3 is 2.74 bits per heavy atom. The molecule has 1 heterocycles. The summed E-state index contributed by atoms with van der Waals surface area (Å²) in [6.07, 6.45) is 6.69. The van der Waals surface area contributed by atoms with Crippen LogP contribution < -0.4 is 5.32 Å². The van der Waals surface area contributed by atoms with Gasteiger partial charge in [0, 0.05) is 6.61 Å². The third-order valence-electron chi connectivity index (χ3n) is 4.06. The van der Waals surface area contributed by atoms with Gasteiger partial charge in [-0.3, -0.25) is 0 Å². The molecule has 2 atom stereocenters. The summed E-state index contributed by atoms with van der Waals surface area (Å²) in [4.78, 5) is 0. The zero-order valence-electron chi connectivity index (χ0n) is 12.3. The average molecular weight is 261 g/mol. The largest absolute Gasteiger partial charge is 0.378 e. The molecule has 1 aromatic carbocycles. The second kappa shape index (κ2) is 7.66. The first-order valence-corrected chi connectivity index (χ1v) is 7.59. The highest BCUT2D eigenvalue weighted by atomic mass is 16.5. The first-order chi connectivity index (χ1) is 9.28. The third-order valence-corrected chi connectivity index (χ3v) is 4.06. The van der Waals surface area contributed by atoms with Crippen molar-refractivity contribution >= 4 is 0 Å². The Labute approximate surface area is 117 Å². The maximum atomic E-state index is 5.73. The summed E-state index contributed by atoms with van der Waals surface area (Å²) >= 11 is 0. The Kier molecular flexibility index (Phi) is 5.87. The van der Waals surface area contributed by atoms with E-state index in [0.29, 0.717) is 6.10 Å². The van der Waals surface area contributed by atoms with Gasteiger partial charge in [0.15, 0.2) is 0 Å². The SMILES string of the molecule is CNCC(CCC1CCCO1)Cc1ccc(C)cc1.